The lowest BCUT2D eigenvalue weighted by molar-refractivity contribution is 0.307. The fraction of sp³-hybridized carbons (Fsp3) is 0.429. The molecule has 0 unspecified atom stereocenters. The fourth-order valence-corrected chi connectivity index (χ4v) is 3.79. The van der Waals surface area contributed by atoms with E-state index in [0.717, 1.165) is 12.1 Å². The number of aromatic amines is 1. The van der Waals surface area contributed by atoms with Crippen molar-refractivity contribution in [1.29, 1.82) is 5.26 Å². The van der Waals surface area contributed by atoms with Gasteiger partial charge in [0.1, 0.15) is 11.6 Å². The zero-order valence-electron chi connectivity index (χ0n) is 12.0. The number of nitrogens with zero attached hydrogens (tertiary/aromatic N) is 3. The van der Waals surface area contributed by atoms with Crippen LogP contribution in [0.2, 0.25) is 0 Å². The largest absolute Gasteiger partial charge is 0.355 e. The summed E-state index contributed by atoms with van der Waals surface area (Å²) in [6.45, 7) is 2.60. The molecule has 0 radical (unpaired) electrons. The van der Waals surface area contributed by atoms with E-state index in [2.05, 4.69) is 26.3 Å². The molecule has 2 aromatic rings. The van der Waals surface area contributed by atoms with E-state index in [4.69, 9.17) is 5.26 Å². The first kappa shape index (κ1) is 14.8. The highest BCUT2D eigenvalue weighted by molar-refractivity contribution is 7.91. The van der Waals surface area contributed by atoms with Crippen molar-refractivity contribution in [2.45, 2.75) is 0 Å². The highest BCUT2D eigenvalue weighted by Crippen LogP contribution is 2.17. The predicted molar refractivity (Wildman–Crippen MR) is 84.4 cm³/mol. The van der Waals surface area contributed by atoms with E-state index in [1.54, 1.807) is 6.07 Å². The van der Waals surface area contributed by atoms with Crippen LogP contribution in [-0.2, 0) is 9.84 Å². The number of para-hydroxylation sites is 1. The van der Waals surface area contributed by atoms with Gasteiger partial charge in [-0.05, 0) is 12.1 Å². The van der Waals surface area contributed by atoms with Gasteiger partial charge in [0.25, 0.3) is 0 Å². The Morgan fingerprint density at radius 2 is 2.14 bits per heavy atom. The van der Waals surface area contributed by atoms with E-state index >= 15 is 0 Å². The molecule has 1 fully saturated rings. The number of benzene rings is 1. The van der Waals surface area contributed by atoms with Crippen molar-refractivity contribution in [1.82, 2.24) is 14.9 Å². The minimum Gasteiger partial charge on any atom is -0.355 e. The van der Waals surface area contributed by atoms with Crippen LogP contribution in [0.4, 0.5) is 5.95 Å². The first-order valence-corrected chi connectivity index (χ1v) is 8.95. The van der Waals surface area contributed by atoms with Crippen LogP contribution >= 0.6 is 0 Å². The lowest BCUT2D eigenvalue weighted by Crippen LogP contribution is -2.42. The third-order valence-corrected chi connectivity index (χ3v) is 5.40. The molecule has 116 valence electrons. The monoisotopic (exact) mass is 319 g/mol. The number of nitrogens with one attached hydrogen (secondary N) is 2. The van der Waals surface area contributed by atoms with Crippen molar-refractivity contribution in [3.05, 3.63) is 23.8 Å². The number of fused-ring (bicyclic) bond motifs is 1. The number of rotatable bonds is 4. The maximum atomic E-state index is 11.4. The Morgan fingerprint density at radius 3 is 2.86 bits per heavy atom. The quantitative estimate of drug-likeness (QED) is 0.854. The van der Waals surface area contributed by atoms with Gasteiger partial charge in [-0.2, -0.15) is 5.26 Å². The van der Waals surface area contributed by atoms with Crippen molar-refractivity contribution < 1.29 is 8.42 Å². The van der Waals surface area contributed by atoms with Crippen LogP contribution in [0.3, 0.4) is 0 Å². The molecule has 1 aromatic carbocycles. The highest BCUT2D eigenvalue weighted by Gasteiger charge is 2.20. The topological polar surface area (TPSA) is 102 Å². The molecule has 0 spiro atoms. The van der Waals surface area contributed by atoms with E-state index in [1.165, 1.54) is 0 Å². The number of imidazole rings is 1. The van der Waals surface area contributed by atoms with Crippen LogP contribution in [0.25, 0.3) is 11.0 Å². The molecule has 3 rings (SSSR count). The van der Waals surface area contributed by atoms with Gasteiger partial charge in [0.2, 0.25) is 5.95 Å². The van der Waals surface area contributed by atoms with Crippen LogP contribution in [0.5, 0.6) is 0 Å². The number of H-pyrrole nitrogens is 1. The summed E-state index contributed by atoms with van der Waals surface area (Å²) in [6, 6.07) is 7.56. The molecule has 0 saturated carbocycles. The Kier molecular flexibility index (Phi) is 4.00. The Bertz CT molecular complexity index is 807. The first-order chi connectivity index (χ1) is 10.6. The van der Waals surface area contributed by atoms with Gasteiger partial charge >= 0.3 is 0 Å². The van der Waals surface area contributed by atoms with Gasteiger partial charge in [0.05, 0.1) is 22.6 Å². The molecule has 0 amide bonds. The van der Waals surface area contributed by atoms with Gasteiger partial charge in [-0.3, -0.25) is 4.90 Å². The fourth-order valence-electron chi connectivity index (χ4n) is 2.51. The summed E-state index contributed by atoms with van der Waals surface area (Å²) in [6.07, 6.45) is 0. The van der Waals surface area contributed by atoms with Gasteiger partial charge in [-0.25, -0.2) is 13.4 Å². The molecule has 0 bridgehead atoms. The average molecular weight is 319 g/mol. The second-order valence-corrected chi connectivity index (χ2v) is 7.62. The Hall–Kier alpha value is -2.11. The third kappa shape index (κ3) is 3.21. The summed E-state index contributed by atoms with van der Waals surface area (Å²) < 4.78 is 22.7. The molecule has 0 atom stereocenters. The second-order valence-electron chi connectivity index (χ2n) is 5.32. The number of hydrogen-bond acceptors (Lipinski definition) is 6. The summed E-state index contributed by atoms with van der Waals surface area (Å²) in [4.78, 5) is 9.64. The van der Waals surface area contributed by atoms with Crippen LogP contribution in [0.15, 0.2) is 18.2 Å². The van der Waals surface area contributed by atoms with E-state index in [0.29, 0.717) is 36.7 Å². The Balaban J connectivity index is 1.57. The van der Waals surface area contributed by atoms with E-state index < -0.39 is 9.84 Å². The van der Waals surface area contributed by atoms with Crippen molar-refractivity contribution in [2.24, 2.45) is 0 Å². The molecule has 1 aromatic heterocycles. The number of aromatic nitrogens is 2. The normalized spacial score (nSPS) is 18.1. The van der Waals surface area contributed by atoms with Crippen molar-refractivity contribution >= 4 is 26.8 Å². The van der Waals surface area contributed by atoms with Gasteiger partial charge < -0.3 is 10.3 Å². The highest BCUT2D eigenvalue weighted by atomic mass is 32.2. The summed E-state index contributed by atoms with van der Waals surface area (Å²) >= 11 is 0. The van der Waals surface area contributed by atoms with E-state index in [-0.39, 0.29) is 11.5 Å². The SMILES string of the molecule is N#Cc1cccc2[nH]c(NCCN3CCS(=O)(=O)CC3)nc12. The molecule has 1 saturated heterocycles. The van der Waals surface area contributed by atoms with Crippen molar-refractivity contribution in [2.75, 3.05) is 43.0 Å². The molecule has 8 heteroatoms. The number of sulfone groups is 1. The smallest absolute Gasteiger partial charge is 0.201 e. The predicted octanol–water partition coefficient (Wildman–Crippen LogP) is 0.577. The lowest BCUT2D eigenvalue weighted by Gasteiger charge is -2.26. The number of nitriles is 1. The molecule has 1 aliphatic rings. The van der Waals surface area contributed by atoms with Gasteiger partial charge in [-0.15, -0.1) is 0 Å². The van der Waals surface area contributed by atoms with Gasteiger partial charge in [0.15, 0.2) is 9.84 Å². The third-order valence-electron chi connectivity index (χ3n) is 3.79. The van der Waals surface area contributed by atoms with E-state index in [9.17, 15) is 8.42 Å². The van der Waals surface area contributed by atoms with Crippen LogP contribution < -0.4 is 5.32 Å². The van der Waals surface area contributed by atoms with Crippen LogP contribution in [0, 0.1) is 11.3 Å². The summed E-state index contributed by atoms with van der Waals surface area (Å²) in [5, 5.41) is 12.2. The molecular weight excluding hydrogens is 302 g/mol. The van der Waals surface area contributed by atoms with Crippen LogP contribution in [-0.4, -0.2) is 61.0 Å². The zero-order valence-corrected chi connectivity index (χ0v) is 12.9. The number of anilines is 1. The average Bonchev–Trinajstić information content (AvgIpc) is 2.91. The Morgan fingerprint density at radius 1 is 1.36 bits per heavy atom. The molecule has 22 heavy (non-hydrogen) atoms. The molecule has 0 aliphatic carbocycles. The molecule has 1 aliphatic heterocycles. The zero-order chi connectivity index (χ0) is 15.6. The summed E-state index contributed by atoms with van der Waals surface area (Å²) in [5.41, 5.74) is 2.03. The van der Waals surface area contributed by atoms with Crippen LogP contribution in [0.1, 0.15) is 5.56 Å². The second kappa shape index (κ2) is 5.94. The number of hydrogen-bond donors (Lipinski definition) is 2. The molecule has 2 heterocycles. The molecule has 7 nitrogen and oxygen atoms in total. The summed E-state index contributed by atoms with van der Waals surface area (Å²) in [7, 11) is -2.83. The molecule has 2 N–H and O–H groups in total. The van der Waals surface area contributed by atoms with Gasteiger partial charge in [0, 0.05) is 26.2 Å². The minimum absolute atomic E-state index is 0.239. The first-order valence-electron chi connectivity index (χ1n) is 7.13. The van der Waals surface area contributed by atoms with Gasteiger partial charge in [-0.1, -0.05) is 6.07 Å². The maximum Gasteiger partial charge on any atom is 0.201 e. The van der Waals surface area contributed by atoms with Crippen molar-refractivity contribution in [3.8, 4) is 6.07 Å². The maximum absolute atomic E-state index is 11.4. The standard InChI is InChI=1S/C14H17N5O2S/c15-10-11-2-1-3-12-13(11)18-14(17-12)16-4-5-19-6-8-22(20,21)9-7-19/h1-3H,4-9H2,(H2,16,17,18). The summed E-state index contributed by atoms with van der Waals surface area (Å²) in [5.74, 6) is 1.11. The van der Waals surface area contributed by atoms with E-state index in [1.807, 2.05) is 12.1 Å². The Labute approximate surface area is 128 Å². The van der Waals surface area contributed by atoms with Crippen molar-refractivity contribution in [3.63, 3.8) is 0 Å². The molecular formula is C14H17N5O2S. The lowest BCUT2D eigenvalue weighted by atomic mass is 10.2. The minimum atomic E-state index is -2.83.